The molecule has 0 aromatic carbocycles. The third kappa shape index (κ3) is 2.33. The molecule has 0 amide bonds. The molecule has 0 aromatic heterocycles. The lowest BCUT2D eigenvalue weighted by Gasteiger charge is -2.12. The van der Waals surface area contributed by atoms with Gasteiger partial charge in [-0.25, -0.2) is 0 Å². The lowest BCUT2D eigenvalue weighted by Crippen LogP contribution is -2.21. The van der Waals surface area contributed by atoms with Gasteiger partial charge in [-0.15, -0.1) is 0 Å². The third-order valence-electron chi connectivity index (χ3n) is 1.52. The molecule has 0 aromatic rings. The van der Waals surface area contributed by atoms with Crippen LogP contribution in [0.4, 0.5) is 0 Å². The first-order chi connectivity index (χ1) is 3.55. The van der Waals surface area contributed by atoms with Crippen molar-refractivity contribution < 1.29 is 10.0 Å². The van der Waals surface area contributed by atoms with Crippen LogP contribution in [-0.4, -0.2) is 17.2 Å². The monoisotopic (exact) mass is 116 g/mol. The quantitative estimate of drug-likeness (QED) is 0.516. The van der Waals surface area contributed by atoms with Crippen molar-refractivity contribution in [3.8, 4) is 0 Å². The molecular formula is C5H13BO2. The Bertz CT molecular complexity index is 55.4. The maximum Gasteiger partial charge on any atom is 0.454 e. The van der Waals surface area contributed by atoms with Crippen LogP contribution in [0, 0.1) is 5.92 Å². The fourth-order valence-electron chi connectivity index (χ4n) is 0.344. The van der Waals surface area contributed by atoms with E-state index in [2.05, 4.69) is 0 Å². The van der Waals surface area contributed by atoms with Crippen LogP contribution in [0.25, 0.3) is 0 Å². The zero-order valence-electron chi connectivity index (χ0n) is 5.63. The second kappa shape index (κ2) is 3.10. The summed E-state index contributed by atoms with van der Waals surface area (Å²) in [6, 6.07) is 0. The molecule has 0 aliphatic heterocycles. The van der Waals surface area contributed by atoms with Gasteiger partial charge in [0.05, 0.1) is 0 Å². The van der Waals surface area contributed by atoms with E-state index in [0.717, 1.165) is 0 Å². The van der Waals surface area contributed by atoms with Crippen molar-refractivity contribution >= 4 is 7.12 Å². The summed E-state index contributed by atoms with van der Waals surface area (Å²) in [5.74, 6) is 0.324. The first-order valence-electron chi connectivity index (χ1n) is 2.92. The summed E-state index contributed by atoms with van der Waals surface area (Å²) in [5.41, 5.74) is 0. The molecular weight excluding hydrogens is 103 g/mol. The molecule has 0 rings (SSSR count). The van der Waals surface area contributed by atoms with Crippen molar-refractivity contribution in [1.82, 2.24) is 0 Å². The molecule has 1 unspecified atom stereocenters. The van der Waals surface area contributed by atoms with E-state index in [1.807, 2.05) is 20.8 Å². The van der Waals surface area contributed by atoms with Gasteiger partial charge in [0.2, 0.25) is 0 Å². The maximum atomic E-state index is 8.55. The summed E-state index contributed by atoms with van der Waals surface area (Å²) in [7, 11) is -1.16. The van der Waals surface area contributed by atoms with Gasteiger partial charge in [0.1, 0.15) is 0 Å². The van der Waals surface area contributed by atoms with Gasteiger partial charge in [0, 0.05) is 0 Å². The highest BCUT2D eigenvalue weighted by molar-refractivity contribution is 6.43. The van der Waals surface area contributed by atoms with E-state index in [9.17, 15) is 0 Å². The molecule has 1 atom stereocenters. The van der Waals surface area contributed by atoms with Gasteiger partial charge < -0.3 is 10.0 Å². The van der Waals surface area contributed by atoms with E-state index in [0.29, 0.717) is 5.92 Å². The van der Waals surface area contributed by atoms with Crippen LogP contribution in [0.15, 0.2) is 0 Å². The van der Waals surface area contributed by atoms with Crippen LogP contribution in [0.5, 0.6) is 0 Å². The van der Waals surface area contributed by atoms with Crippen LogP contribution in [0.3, 0.4) is 0 Å². The van der Waals surface area contributed by atoms with Gasteiger partial charge in [-0.2, -0.15) is 0 Å². The number of hydrogen-bond acceptors (Lipinski definition) is 2. The first kappa shape index (κ1) is 7.98. The molecule has 3 heteroatoms. The minimum atomic E-state index is -1.16. The molecule has 48 valence electrons. The van der Waals surface area contributed by atoms with Crippen LogP contribution in [0.2, 0.25) is 5.82 Å². The minimum Gasteiger partial charge on any atom is -0.427 e. The fraction of sp³-hybridized carbons (Fsp3) is 1.00. The lowest BCUT2D eigenvalue weighted by atomic mass is 9.68. The largest absolute Gasteiger partial charge is 0.454 e. The molecule has 0 saturated carbocycles. The van der Waals surface area contributed by atoms with Crippen molar-refractivity contribution in [3.05, 3.63) is 0 Å². The minimum absolute atomic E-state index is 0.0185. The predicted molar refractivity (Wildman–Crippen MR) is 34.5 cm³/mol. The Kier molecular flexibility index (Phi) is 3.09. The zero-order valence-corrected chi connectivity index (χ0v) is 5.63. The molecule has 8 heavy (non-hydrogen) atoms. The van der Waals surface area contributed by atoms with Crippen LogP contribution >= 0.6 is 0 Å². The molecule has 0 radical (unpaired) electrons. The van der Waals surface area contributed by atoms with Gasteiger partial charge in [-0.1, -0.05) is 20.8 Å². The molecule has 2 N–H and O–H groups in total. The number of hydrogen-bond donors (Lipinski definition) is 2. The van der Waals surface area contributed by atoms with E-state index in [4.69, 9.17) is 10.0 Å². The third-order valence-corrected chi connectivity index (χ3v) is 1.52. The number of rotatable bonds is 2. The van der Waals surface area contributed by atoms with Gasteiger partial charge in [0.15, 0.2) is 0 Å². The van der Waals surface area contributed by atoms with Crippen LogP contribution in [-0.2, 0) is 0 Å². The molecule has 0 aliphatic carbocycles. The van der Waals surface area contributed by atoms with Crippen molar-refractivity contribution in [1.29, 1.82) is 0 Å². The Balaban J connectivity index is 3.46. The normalized spacial score (nSPS) is 14.2. The van der Waals surface area contributed by atoms with E-state index in [1.165, 1.54) is 0 Å². The molecule has 0 fully saturated rings. The van der Waals surface area contributed by atoms with E-state index in [-0.39, 0.29) is 5.82 Å². The average Bonchev–Trinajstić information content (AvgIpc) is 1.64. The Hall–Kier alpha value is -0.0151. The van der Waals surface area contributed by atoms with Crippen LogP contribution < -0.4 is 0 Å². The molecule has 0 saturated heterocycles. The molecule has 0 bridgehead atoms. The van der Waals surface area contributed by atoms with E-state index < -0.39 is 7.12 Å². The Morgan fingerprint density at radius 2 is 1.50 bits per heavy atom. The first-order valence-corrected chi connectivity index (χ1v) is 2.92. The Morgan fingerprint density at radius 3 is 1.50 bits per heavy atom. The fourth-order valence-corrected chi connectivity index (χ4v) is 0.344. The topological polar surface area (TPSA) is 40.5 Å². The van der Waals surface area contributed by atoms with Gasteiger partial charge in [-0.3, -0.25) is 0 Å². The standard InChI is InChI=1S/C5H13BO2/c1-4(2)5(3)6(7)8/h4-5,7-8H,1-3H3. The summed E-state index contributed by atoms with van der Waals surface area (Å²) >= 11 is 0. The summed E-state index contributed by atoms with van der Waals surface area (Å²) in [6.07, 6.45) is 0. The van der Waals surface area contributed by atoms with Gasteiger partial charge >= 0.3 is 7.12 Å². The van der Waals surface area contributed by atoms with E-state index in [1.54, 1.807) is 0 Å². The van der Waals surface area contributed by atoms with Crippen molar-refractivity contribution in [2.45, 2.75) is 26.6 Å². The summed E-state index contributed by atoms with van der Waals surface area (Å²) < 4.78 is 0. The highest BCUT2D eigenvalue weighted by Crippen LogP contribution is 2.16. The molecule has 2 nitrogen and oxygen atoms in total. The van der Waals surface area contributed by atoms with Crippen molar-refractivity contribution in [3.63, 3.8) is 0 Å². The predicted octanol–water partition coefficient (Wildman–Crippen LogP) is 0.505. The maximum absolute atomic E-state index is 8.55. The summed E-state index contributed by atoms with van der Waals surface area (Å²) in [4.78, 5) is 0. The van der Waals surface area contributed by atoms with Gasteiger partial charge in [0.25, 0.3) is 0 Å². The Labute approximate surface area is 50.7 Å². The highest BCUT2D eigenvalue weighted by atomic mass is 16.4. The van der Waals surface area contributed by atoms with Crippen molar-refractivity contribution in [2.75, 3.05) is 0 Å². The zero-order chi connectivity index (χ0) is 6.73. The average molecular weight is 116 g/mol. The van der Waals surface area contributed by atoms with Gasteiger partial charge in [-0.05, 0) is 11.7 Å². The molecule has 0 spiro atoms. The highest BCUT2D eigenvalue weighted by Gasteiger charge is 2.20. The molecule has 0 aliphatic rings. The second-order valence-corrected chi connectivity index (χ2v) is 2.52. The second-order valence-electron chi connectivity index (χ2n) is 2.52. The Morgan fingerprint density at radius 1 is 1.12 bits per heavy atom. The summed E-state index contributed by atoms with van der Waals surface area (Å²) in [5, 5.41) is 17.1. The summed E-state index contributed by atoms with van der Waals surface area (Å²) in [6.45, 7) is 5.74. The SMILES string of the molecule is CC(C)C(C)B(O)O. The van der Waals surface area contributed by atoms with E-state index >= 15 is 0 Å². The smallest absolute Gasteiger partial charge is 0.427 e. The van der Waals surface area contributed by atoms with Crippen LogP contribution in [0.1, 0.15) is 20.8 Å². The van der Waals surface area contributed by atoms with Crippen molar-refractivity contribution in [2.24, 2.45) is 5.92 Å². The lowest BCUT2D eigenvalue weighted by molar-refractivity contribution is 0.367. The molecule has 0 heterocycles.